The molecule has 3 aromatic carbocycles. The number of rotatable bonds is 10. The number of carbonyl (C=O) groups excluding carboxylic acids is 2. The van der Waals surface area contributed by atoms with Crippen LogP contribution in [-0.4, -0.2) is 101 Å². The van der Waals surface area contributed by atoms with E-state index in [0.717, 1.165) is 5.19 Å². The molecule has 15 nitrogen and oxygen atoms in total. The lowest BCUT2D eigenvalue weighted by atomic mass is 9.82. The fraction of sp³-hybridized carbons (Fsp3) is 0.444. The monoisotopic (exact) mass is 737 g/mol. The second kappa shape index (κ2) is 14.3. The van der Waals surface area contributed by atoms with Gasteiger partial charge in [-0.15, -0.1) is 0 Å². The van der Waals surface area contributed by atoms with Gasteiger partial charge in [-0.3, -0.25) is 19.7 Å². The largest absolute Gasteiger partial charge is 0.497 e. The van der Waals surface area contributed by atoms with Crippen molar-refractivity contribution in [2.45, 2.75) is 80.9 Å². The lowest BCUT2D eigenvalue weighted by Crippen LogP contribution is -2.60. The predicted molar refractivity (Wildman–Crippen MR) is 190 cm³/mol. The molecule has 278 valence electrons. The molecule has 3 aliphatic rings. The van der Waals surface area contributed by atoms with Crippen LogP contribution < -0.4 is 20.1 Å². The highest BCUT2D eigenvalue weighted by molar-refractivity contribution is 6.91. The zero-order valence-electron chi connectivity index (χ0n) is 29.1. The molecule has 0 unspecified atom stereocenters. The first kappa shape index (κ1) is 37.5. The molecule has 0 saturated carbocycles. The van der Waals surface area contributed by atoms with Gasteiger partial charge in [0, 0.05) is 35.9 Å². The molecule has 52 heavy (non-hydrogen) atoms. The van der Waals surface area contributed by atoms with Gasteiger partial charge in [-0.05, 0) is 47.9 Å². The summed E-state index contributed by atoms with van der Waals surface area (Å²) < 4.78 is 17.2. The first-order valence-electron chi connectivity index (χ1n) is 17.0. The number of ether oxygens (including phenoxy) is 3. The van der Waals surface area contributed by atoms with Crippen molar-refractivity contribution in [1.82, 2.24) is 0 Å². The topological polar surface area (TPSA) is 221 Å². The highest BCUT2D eigenvalue weighted by atomic mass is 28.3. The van der Waals surface area contributed by atoms with Crippen LogP contribution in [0.1, 0.15) is 24.5 Å². The maximum atomic E-state index is 14.9. The lowest BCUT2D eigenvalue weighted by molar-refractivity contribution is -0.385. The van der Waals surface area contributed by atoms with Crippen LogP contribution in [-0.2, 0) is 31.2 Å². The zero-order chi connectivity index (χ0) is 37.7. The standard InChI is InChI=1S/C36H43N3O12Si/c1-19-32(52(3,4)24-11-9-23(49-2)10-12-24)27(14-15-40)51-36(19)25-17-22(39(47)48)8-13-26(25)38(35(36)46)18-20-6-5-7-21(16-20)37-33(44)31-29(42)28(41)30(43)34(45)50-31/h5-13,16-17,19,27-32,34,40-43,45H,14-15,18H2,1-4H3,(H,37,44)/t19-,27+,28-,29-,30+,31-,32-,34+,36+/m0/s1. The first-order valence-corrected chi connectivity index (χ1v) is 20.0. The van der Waals surface area contributed by atoms with Crippen molar-refractivity contribution in [3.8, 4) is 5.75 Å². The van der Waals surface area contributed by atoms with Crippen LogP contribution in [0.2, 0.25) is 18.6 Å². The van der Waals surface area contributed by atoms with Crippen LogP contribution >= 0.6 is 0 Å². The molecule has 0 bridgehead atoms. The minimum Gasteiger partial charge on any atom is -0.497 e. The number of amides is 2. The third kappa shape index (κ3) is 6.28. The van der Waals surface area contributed by atoms with Crippen LogP contribution in [0.25, 0.3) is 0 Å². The van der Waals surface area contributed by atoms with Crippen LogP contribution in [0.5, 0.6) is 5.75 Å². The Bertz CT molecular complexity index is 1840. The maximum Gasteiger partial charge on any atom is 0.269 e. The van der Waals surface area contributed by atoms with Crippen LogP contribution in [0.3, 0.4) is 0 Å². The Hall–Kier alpha value is -4.26. The predicted octanol–water partition coefficient (Wildman–Crippen LogP) is 1.49. The molecule has 3 aromatic rings. The van der Waals surface area contributed by atoms with E-state index >= 15 is 0 Å². The van der Waals surface area contributed by atoms with Crippen LogP contribution in [0.4, 0.5) is 17.1 Å². The Morgan fingerprint density at radius 1 is 1.04 bits per heavy atom. The van der Waals surface area contributed by atoms with E-state index in [9.17, 15) is 45.2 Å². The summed E-state index contributed by atoms with van der Waals surface area (Å²) in [5.41, 5.74) is -0.347. The molecule has 16 heteroatoms. The molecular weight excluding hydrogens is 694 g/mol. The summed E-state index contributed by atoms with van der Waals surface area (Å²) in [5.74, 6) is -1.05. The fourth-order valence-corrected chi connectivity index (χ4v) is 12.3. The van der Waals surface area contributed by atoms with Crippen molar-refractivity contribution in [3.05, 3.63) is 88.0 Å². The van der Waals surface area contributed by atoms with E-state index in [2.05, 4.69) is 18.4 Å². The molecule has 2 amide bonds. The number of fused-ring (bicyclic) bond motifs is 2. The summed E-state index contributed by atoms with van der Waals surface area (Å²) >= 11 is 0. The molecular formula is C36H43N3O12Si. The molecule has 2 fully saturated rings. The number of benzene rings is 3. The zero-order valence-corrected chi connectivity index (χ0v) is 30.1. The number of carbonyl (C=O) groups is 2. The average molecular weight is 738 g/mol. The van der Waals surface area contributed by atoms with E-state index in [1.165, 1.54) is 23.1 Å². The first-order chi connectivity index (χ1) is 24.6. The van der Waals surface area contributed by atoms with E-state index in [4.69, 9.17) is 14.2 Å². The summed E-state index contributed by atoms with van der Waals surface area (Å²) in [6.45, 7) is 6.13. The van der Waals surface area contributed by atoms with E-state index in [1.54, 1.807) is 31.4 Å². The van der Waals surface area contributed by atoms with Gasteiger partial charge in [0.05, 0.1) is 38.4 Å². The van der Waals surface area contributed by atoms with Crippen molar-refractivity contribution >= 4 is 42.1 Å². The maximum absolute atomic E-state index is 14.9. The Morgan fingerprint density at radius 3 is 2.40 bits per heavy atom. The number of hydrogen-bond acceptors (Lipinski definition) is 12. The molecule has 2 saturated heterocycles. The van der Waals surface area contributed by atoms with E-state index in [-0.39, 0.29) is 36.5 Å². The Labute approximate surface area is 300 Å². The van der Waals surface area contributed by atoms with Gasteiger partial charge in [-0.25, -0.2) is 0 Å². The number of hydrogen-bond donors (Lipinski definition) is 6. The summed E-state index contributed by atoms with van der Waals surface area (Å²) in [6, 6.07) is 18.6. The molecule has 9 atom stereocenters. The number of nitrogens with zero attached hydrogens (tertiary/aromatic N) is 2. The smallest absolute Gasteiger partial charge is 0.269 e. The number of methoxy groups -OCH3 is 1. The van der Waals surface area contributed by atoms with Crippen molar-refractivity contribution in [3.63, 3.8) is 0 Å². The molecule has 0 aromatic heterocycles. The summed E-state index contributed by atoms with van der Waals surface area (Å²) in [6.07, 6.45) is -9.30. The van der Waals surface area contributed by atoms with Crippen LogP contribution in [0, 0.1) is 16.0 Å². The Kier molecular flexibility index (Phi) is 10.3. The number of nitro benzene ring substituents is 1. The molecule has 3 heterocycles. The van der Waals surface area contributed by atoms with Gasteiger partial charge in [0.2, 0.25) is 0 Å². The van der Waals surface area contributed by atoms with Gasteiger partial charge in [-0.1, -0.05) is 49.5 Å². The summed E-state index contributed by atoms with van der Waals surface area (Å²) in [7, 11) is -0.895. The Morgan fingerprint density at radius 2 is 1.75 bits per heavy atom. The van der Waals surface area contributed by atoms with Gasteiger partial charge in [-0.2, -0.15) is 0 Å². The summed E-state index contributed by atoms with van der Waals surface area (Å²) in [4.78, 5) is 40.9. The third-order valence-electron chi connectivity index (χ3n) is 10.8. The third-order valence-corrected chi connectivity index (χ3v) is 15.2. The van der Waals surface area contributed by atoms with Crippen molar-refractivity contribution < 1.29 is 54.3 Å². The van der Waals surface area contributed by atoms with Crippen molar-refractivity contribution in [1.29, 1.82) is 0 Å². The fourth-order valence-electron chi connectivity index (χ4n) is 8.19. The number of nitro groups is 1. The summed E-state index contributed by atoms with van der Waals surface area (Å²) in [5, 5.41) is 65.8. The number of nitrogens with one attached hydrogen (secondary N) is 1. The normalized spacial score (nSPS) is 30.0. The molecule has 0 aliphatic carbocycles. The molecule has 3 aliphatic heterocycles. The number of anilines is 2. The molecule has 6 N–H and O–H groups in total. The highest BCUT2D eigenvalue weighted by Gasteiger charge is 2.66. The Balaban J connectivity index is 1.34. The minimum absolute atomic E-state index is 0.00794. The number of aliphatic hydroxyl groups excluding tert-OH is 5. The minimum atomic E-state index is -2.49. The van der Waals surface area contributed by atoms with Gasteiger partial charge in [0.1, 0.15) is 24.1 Å². The van der Waals surface area contributed by atoms with E-state index < -0.39 is 73.1 Å². The molecule has 6 rings (SSSR count). The van der Waals surface area contributed by atoms with Crippen LogP contribution in [0.15, 0.2) is 66.7 Å². The van der Waals surface area contributed by atoms with Crippen molar-refractivity contribution in [2.75, 3.05) is 23.9 Å². The lowest BCUT2D eigenvalue weighted by Gasteiger charge is -2.37. The van der Waals surface area contributed by atoms with E-state index in [0.29, 0.717) is 22.6 Å². The van der Waals surface area contributed by atoms with Gasteiger partial charge in [0.15, 0.2) is 18.0 Å². The number of non-ortho nitro benzene ring substituents is 1. The van der Waals surface area contributed by atoms with Gasteiger partial charge >= 0.3 is 0 Å². The average Bonchev–Trinajstić information content (AvgIpc) is 3.55. The molecule has 0 radical (unpaired) electrons. The highest BCUT2D eigenvalue weighted by Crippen LogP contribution is 2.60. The van der Waals surface area contributed by atoms with Gasteiger partial charge in [0.25, 0.3) is 17.5 Å². The number of aliphatic hydroxyl groups is 5. The SMILES string of the molecule is COc1ccc([Si](C)(C)[C@@H]2[C@@H](CCO)O[C@]3(C(=O)N(Cc4cccc(NC(=O)[C@H]5O[C@@H](O)[C@H](O)[C@@H](O)[C@@H]5O)c4)c4ccc([N+](=O)[O-])cc43)[C@H]2C)cc1. The van der Waals surface area contributed by atoms with E-state index in [1.807, 2.05) is 31.2 Å². The second-order valence-corrected chi connectivity index (χ2v) is 18.8. The van der Waals surface area contributed by atoms with Gasteiger partial charge < -0.3 is 50.0 Å². The quantitative estimate of drug-likeness (QED) is 0.0990. The molecule has 1 spiro atoms. The second-order valence-electron chi connectivity index (χ2n) is 14.1. The van der Waals surface area contributed by atoms with Crippen molar-refractivity contribution in [2.24, 2.45) is 5.92 Å².